The first kappa shape index (κ1) is 15.1. The minimum Gasteiger partial charge on any atom is -0.376 e. The maximum atomic E-state index is 11.1. The minimum atomic E-state index is -0.298. The van der Waals surface area contributed by atoms with Crippen LogP contribution < -0.4 is 5.32 Å². The van der Waals surface area contributed by atoms with E-state index in [1.165, 1.54) is 6.92 Å². The van der Waals surface area contributed by atoms with Crippen LogP contribution in [0.1, 0.15) is 53.4 Å². The van der Waals surface area contributed by atoms with E-state index in [0.29, 0.717) is 13.0 Å². The van der Waals surface area contributed by atoms with Crippen LogP contribution in [0.5, 0.6) is 0 Å². The Balaban J connectivity index is 3.47. The lowest BCUT2D eigenvalue weighted by Crippen LogP contribution is -2.27. The smallest absolute Gasteiger partial charge is 0.226 e. The summed E-state index contributed by atoms with van der Waals surface area (Å²) in [5.41, 5.74) is -0.0817. The van der Waals surface area contributed by atoms with E-state index < -0.39 is 0 Å². The lowest BCUT2D eigenvalue weighted by molar-refractivity contribution is -0.129. The van der Waals surface area contributed by atoms with Crippen molar-refractivity contribution in [1.82, 2.24) is 5.32 Å². The molecule has 0 spiro atoms. The predicted octanol–water partition coefficient (Wildman–Crippen LogP) is 2.02. The topological polar surface area (TPSA) is 55.4 Å². The standard InChI is InChI=1S/C12H23NO3/c1-5-12(3,4)16-9-7-6-8-11(15)13-10(2)14/h5-9H2,1-4H3,(H,13,14,15). The quantitative estimate of drug-likeness (QED) is 0.679. The van der Waals surface area contributed by atoms with Crippen LogP contribution in [-0.2, 0) is 14.3 Å². The van der Waals surface area contributed by atoms with E-state index in [1.54, 1.807) is 0 Å². The molecule has 4 heteroatoms. The first-order valence-corrected chi connectivity index (χ1v) is 5.82. The molecule has 0 aromatic heterocycles. The van der Waals surface area contributed by atoms with Crippen LogP contribution >= 0.6 is 0 Å². The summed E-state index contributed by atoms with van der Waals surface area (Å²) in [6, 6.07) is 0. The Morgan fingerprint density at radius 3 is 2.38 bits per heavy atom. The second-order valence-corrected chi connectivity index (χ2v) is 4.52. The van der Waals surface area contributed by atoms with Gasteiger partial charge in [-0.3, -0.25) is 14.9 Å². The number of ether oxygens (including phenoxy) is 1. The molecule has 0 radical (unpaired) electrons. The summed E-state index contributed by atoms with van der Waals surface area (Å²) in [6.45, 7) is 8.18. The molecule has 1 N–H and O–H groups in total. The number of carbonyl (C=O) groups is 2. The molecule has 16 heavy (non-hydrogen) atoms. The van der Waals surface area contributed by atoms with E-state index in [-0.39, 0.29) is 17.4 Å². The van der Waals surface area contributed by atoms with Gasteiger partial charge < -0.3 is 4.74 Å². The first-order valence-electron chi connectivity index (χ1n) is 5.82. The maximum absolute atomic E-state index is 11.1. The summed E-state index contributed by atoms with van der Waals surface area (Å²) >= 11 is 0. The van der Waals surface area contributed by atoms with Crippen LogP contribution in [0.4, 0.5) is 0 Å². The largest absolute Gasteiger partial charge is 0.376 e. The molecule has 2 amide bonds. The zero-order valence-electron chi connectivity index (χ0n) is 10.8. The van der Waals surface area contributed by atoms with Crippen molar-refractivity contribution in [3.05, 3.63) is 0 Å². The zero-order chi connectivity index (χ0) is 12.6. The lowest BCUT2D eigenvalue weighted by atomic mass is 10.1. The summed E-state index contributed by atoms with van der Waals surface area (Å²) in [5, 5.41) is 2.24. The molecule has 0 aliphatic heterocycles. The van der Waals surface area contributed by atoms with Crippen molar-refractivity contribution in [2.24, 2.45) is 0 Å². The number of hydrogen-bond donors (Lipinski definition) is 1. The van der Waals surface area contributed by atoms with Gasteiger partial charge in [0.1, 0.15) is 0 Å². The molecule has 0 unspecified atom stereocenters. The van der Waals surface area contributed by atoms with Crippen molar-refractivity contribution in [3.63, 3.8) is 0 Å². The van der Waals surface area contributed by atoms with Crippen LogP contribution in [0.2, 0.25) is 0 Å². The zero-order valence-corrected chi connectivity index (χ0v) is 10.8. The number of nitrogens with one attached hydrogen (secondary N) is 1. The van der Waals surface area contributed by atoms with E-state index in [0.717, 1.165) is 19.3 Å². The average Bonchev–Trinajstić information content (AvgIpc) is 2.16. The molecule has 94 valence electrons. The predicted molar refractivity (Wildman–Crippen MR) is 63.0 cm³/mol. The summed E-state index contributed by atoms with van der Waals surface area (Å²) in [6.07, 6.45) is 2.95. The molecule has 4 nitrogen and oxygen atoms in total. The van der Waals surface area contributed by atoms with Crippen LogP contribution in [-0.4, -0.2) is 24.0 Å². The Morgan fingerprint density at radius 2 is 1.88 bits per heavy atom. The van der Waals surface area contributed by atoms with Crippen molar-refractivity contribution in [1.29, 1.82) is 0 Å². The molecule has 0 saturated heterocycles. The molecule has 0 heterocycles. The van der Waals surface area contributed by atoms with Gasteiger partial charge in [0.25, 0.3) is 0 Å². The van der Waals surface area contributed by atoms with Gasteiger partial charge in [0.15, 0.2) is 0 Å². The fraction of sp³-hybridized carbons (Fsp3) is 0.833. The van der Waals surface area contributed by atoms with E-state index >= 15 is 0 Å². The van der Waals surface area contributed by atoms with Crippen molar-refractivity contribution < 1.29 is 14.3 Å². The second kappa shape index (κ2) is 7.39. The summed E-state index contributed by atoms with van der Waals surface area (Å²) in [7, 11) is 0. The fourth-order valence-electron chi connectivity index (χ4n) is 1.10. The van der Waals surface area contributed by atoms with E-state index in [1.807, 2.05) is 0 Å². The third-order valence-electron chi connectivity index (χ3n) is 2.46. The van der Waals surface area contributed by atoms with Gasteiger partial charge in [-0.1, -0.05) is 6.92 Å². The SMILES string of the molecule is CCC(C)(C)OCCCCC(=O)NC(C)=O. The van der Waals surface area contributed by atoms with Crippen LogP contribution in [0, 0.1) is 0 Å². The van der Waals surface area contributed by atoms with Gasteiger partial charge in [-0.25, -0.2) is 0 Å². The van der Waals surface area contributed by atoms with E-state index in [4.69, 9.17) is 4.74 Å². The third-order valence-corrected chi connectivity index (χ3v) is 2.46. The average molecular weight is 229 g/mol. The van der Waals surface area contributed by atoms with Gasteiger partial charge in [0.2, 0.25) is 11.8 Å². The summed E-state index contributed by atoms with van der Waals surface area (Å²) in [5.74, 6) is -0.504. The normalized spacial score (nSPS) is 11.2. The van der Waals surface area contributed by atoms with Crippen LogP contribution in [0.3, 0.4) is 0 Å². The van der Waals surface area contributed by atoms with Crippen molar-refractivity contribution in [3.8, 4) is 0 Å². The maximum Gasteiger partial charge on any atom is 0.226 e. The molecule has 0 saturated carbocycles. The Kier molecular flexibility index (Phi) is 6.97. The lowest BCUT2D eigenvalue weighted by Gasteiger charge is -2.23. The Bertz CT molecular complexity index is 236. The second-order valence-electron chi connectivity index (χ2n) is 4.52. The Hall–Kier alpha value is -0.900. The number of imide groups is 1. The molecular weight excluding hydrogens is 206 g/mol. The van der Waals surface area contributed by atoms with Gasteiger partial charge >= 0.3 is 0 Å². The van der Waals surface area contributed by atoms with Crippen molar-refractivity contribution >= 4 is 11.8 Å². The van der Waals surface area contributed by atoms with E-state index in [9.17, 15) is 9.59 Å². The molecule has 0 aliphatic rings. The van der Waals surface area contributed by atoms with Gasteiger partial charge in [-0.05, 0) is 33.1 Å². The first-order chi connectivity index (χ1) is 7.37. The Labute approximate surface area is 97.7 Å². The van der Waals surface area contributed by atoms with Crippen LogP contribution in [0.15, 0.2) is 0 Å². The number of rotatable bonds is 7. The molecule has 0 fully saturated rings. The molecule has 0 atom stereocenters. The molecule has 0 bridgehead atoms. The summed E-state index contributed by atoms with van der Waals surface area (Å²) < 4.78 is 5.64. The molecule has 0 aromatic rings. The molecule has 0 aliphatic carbocycles. The number of carbonyl (C=O) groups excluding carboxylic acids is 2. The minimum absolute atomic E-state index is 0.0817. The van der Waals surface area contributed by atoms with Gasteiger partial charge in [-0.2, -0.15) is 0 Å². The highest BCUT2D eigenvalue weighted by atomic mass is 16.5. The Morgan fingerprint density at radius 1 is 1.25 bits per heavy atom. The monoisotopic (exact) mass is 229 g/mol. The molecular formula is C12H23NO3. The number of hydrogen-bond acceptors (Lipinski definition) is 3. The fourth-order valence-corrected chi connectivity index (χ4v) is 1.10. The van der Waals surface area contributed by atoms with Gasteiger partial charge in [-0.15, -0.1) is 0 Å². The third kappa shape index (κ3) is 8.41. The van der Waals surface area contributed by atoms with Crippen LogP contribution in [0.25, 0.3) is 0 Å². The van der Waals surface area contributed by atoms with Crippen molar-refractivity contribution in [2.45, 2.75) is 59.0 Å². The van der Waals surface area contributed by atoms with Crippen molar-refractivity contribution in [2.75, 3.05) is 6.61 Å². The van der Waals surface area contributed by atoms with E-state index in [2.05, 4.69) is 26.1 Å². The molecule has 0 rings (SSSR count). The van der Waals surface area contributed by atoms with Gasteiger partial charge in [0, 0.05) is 20.0 Å². The molecule has 0 aromatic carbocycles. The summed E-state index contributed by atoms with van der Waals surface area (Å²) in [4.78, 5) is 21.7. The number of amides is 2. The highest BCUT2D eigenvalue weighted by Gasteiger charge is 2.14. The highest BCUT2D eigenvalue weighted by Crippen LogP contribution is 2.14. The number of unbranched alkanes of at least 4 members (excludes halogenated alkanes) is 1. The highest BCUT2D eigenvalue weighted by molar-refractivity contribution is 5.93. The van der Waals surface area contributed by atoms with Gasteiger partial charge in [0.05, 0.1) is 5.60 Å².